The van der Waals surface area contributed by atoms with Crippen LogP contribution in [0.25, 0.3) is 0 Å². The summed E-state index contributed by atoms with van der Waals surface area (Å²) in [6.45, 7) is 0.368. The highest BCUT2D eigenvalue weighted by Gasteiger charge is 2.33. The van der Waals surface area contributed by atoms with Crippen LogP contribution in [0.1, 0.15) is 37.8 Å². The average Bonchev–Trinajstić information content (AvgIpc) is 3.29. The van der Waals surface area contributed by atoms with Gasteiger partial charge in [0.25, 0.3) is 5.91 Å². The summed E-state index contributed by atoms with van der Waals surface area (Å²) in [5.41, 5.74) is 8.62. The van der Waals surface area contributed by atoms with Gasteiger partial charge in [-0.15, -0.1) is 0 Å². The molecule has 7 heteroatoms. The molecular weight excluding hydrogens is 406 g/mol. The van der Waals surface area contributed by atoms with Gasteiger partial charge in [-0.2, -0.15) is 5.10 Å². The molecule has 0 radical (unpaired) electrons. The molecular formula is C25H23N3O4. The van der Waals surface area contributed by atoms with Crippen molar-refractivity contribution in [1.29, 1.82) is 0 Å². The van der Waals surface area contributed by atoms with E-state index in [0.717, 1.165) is 16.8 Å². The Kier molecular flexibility index (Phi) is 5.89. The molecule has 1 aliphatic heterocycles. The van der Waals surface area contributed by atoms with Gasteiger partial charge in [-0.3, -0.25) is 9.59 Å². The van der Waals surface area contributed by atoms with E-state index in [-0.39, 0.29) is 17.4 Å². The Morgan fingerprint density at radius 2 is 1.62 bits per heavy atom. The lowest BCUT2D eigenvalue weighted by molar-refractivity contribution is 0.0774. The molecule has 4 rings (SSSR count). The number of amides is 2. The minimum Gasteiger partial charge on any atom is -0.493 e. The summed E-state index contributed by atoms with van der Waals surface area (Å²) in [5, 5.41) is 6.12. The lowest BCUT2D eigenvalue weighted by atomic mass is 9.90. The second-order valence-corrected chi connectivity index (χ2v) is 7.35. The number of hydrazone groups is 1. The Balaban J connectivity index is 1.74. The van der Waals surface area contributed by atoms with Gasteiger partial charge in [-0.05, 0) is 42.0 Å². The van der Waals surface area contributed by atoms with E-state index in [1.807, 2.05) is 48.5 Å². The fourth-order valence-electron chi connectivity index (χ4n) is 3.79. The SMILES string of the molecule is COc1ccc(C2=NN(C(=O)c3cccc(C(N)=O)c3)CC2c2ccccc2)cc1OC. The minimum absolute atomic E-state index is 0.127. The van der Waals surface area contributed by atoms with Crippen LogP contribution in [0, 0.1) is 0 Å². The molecule has 0 aliphatic carbocycles. The normalized spacial score (nSPS) is 15.2. The summed E-state index contributed by atoms with van der Waals surface area (Å²) < 4.78 is 10.8. The third-order valence-corrected chi connectivity index (χ3v) is 5.42. The van der Waals surface area contributed by atoms with Crippen LogP contribution < -0.4 is 15.2 Å². The molecule has 2 N–H and O–H groups in total. The quantitative estimate of drug-likeness (QED) is 0.649. The van der Waals surface area contributed by atoms with E-state index >= 15 is 0 Å². The van der Waals surface area contributed by atoms with E-state index in [1.165, 1.54) is 11.1 Å². The molecule has 3 aromatic rings. The third-order valence-electron chi connectivity index (χ3n) is 5.42. The maximum atomic E-state index is 13.2. The van der Waals surface area contributed by atoms with Gasteiger partial charge in [0.15, 0.2) is 11.5 Å². The number of hydrogen-bond donors (Lipinski definition) is 1. The zero-order chi connectivity index (χ0) is 22.7. The number of carbonyl (C=O) groups excluding carboxylic acids is 2. The second-order valence-electron chi connectivity index (χ2n) is 7.35. The number of primary amides is 1. The first-order valence-corrected chi connectivity index (χ1v) is 10.1. The van der Waals surface area contributed by atoms with Gasteiger partial charge in [-0.25, -0.2) is 5.01 Å². The van der Waals surface area contributed by atoms with Crippen LogP contribution in [0.5, 0.6) is 11.5 Å². The van der Waals surface area contributed by atoms with Crippen LogP contribution in [0.3, 0.4) is 0 Å². The molecule has 1 aliphatic rings. The molecule has 1 unspecified atom stereocenters. The fraction of sp³-hybridized carbons (Fsp3) is 0.160. The number of hydrogen-bond acceptors (Lipinski definition) is 5. The zero-order valence-corrected chi connectivity index (χ0v) is 17.8. The monoisotopic (exact) mass is 429 g/mol. The molecule has 1 atom stereocenters. The first-order valence-electron chi connectivity index (χ1n) is 10.1. The van der Waals surface area contributed by atoms with Gasteiger partial charge in [-0.1, -0.05) is 36.4 Å². The molecule has 3 aromatic carbocycles. The molecule has 0 saturated heterocycles. The summed E-state index contributed by atoms with van der Waals surface area (Å²) in [6.07, 6.45) is 0. The summed E-state index contributed by atoms with van der Waals surface area (Å²) in [7, 11) is 3.16. The van der Waals surface area contributed by atoms with Crippen LogP contribution in [0.15, 0.2) is 77.9 Å². The van der Waals surface area contributed by atoms with Crippen molar-refractivity contribution in [1.82, 2.24) is 5.01 Å². The van der Waals surface area contributed by atoms with E-state index in [4.69, 9.17) is 15.2 Å². The summed E-state index contributed by atoms with van der Waals surface area (Å²) in [6, 6.07) is 21.8. The van der Waals surface area contributed by atoms with Crippen LogP contribution in [0.4, 0.5) is 0 Å². The van der Waals surface area contributed by atoms with Crippen molar-refractivity contribution in [3.8, 4) is 11.5 Å². The van der Waals surface area contributed by atoms with Crippen molar-refractivity contribution in [3.05, 3.63) is 95.1 Å². The van der Waals surface area contributed by atoms with Crippen molar-refractivity contribution >= 4 is 17.5 Å². The Morgan fingerprint density at radius 1 is 0.906 bits per heavy atom. The zero-order valence-electron chi connectivity index (χ0n) is 17.8. The summed E-state index contributed by atoms with van der Waals surface area (Å²) in [5.74, 6) is 0.181. The van der Waals surface area contributed by atoms with E-state index in [9.17, 15) is 9.59 Å². The molecule has 0 spiro atoms. The Labute approximate surface area is 186 Å². The second kappa shape index (κ2) is 8.93. The molecule has 0 fully saturated rings. The molecule has 162 valence electrons. The largest absolute Gasteiger partial charge is 0.493 e. The molecule has 2 amide bonds. The molecule has 0 saturated carbocycles. The summed E-state index contributed by atoms with van der Waals surface area (Å²) >= 11 is 0. The smallest absolute Gasteiger partial charge is 0.274 e. The maximum absolute atomic E-state index is 13.2. The van der Waals surface area contributed by atoms with Gasteiger partial charge in [0.05, 0.1) is 26.5 Å². The van der Waals surface area contributed by atoms with Crippen LogP contribution >= 0.6 is 0 Å². The predicted octanol–water partition coefficient (Wildman–Crippen LogP) is 3.45. The van der Waals surface area contributed by atoms with Gasteiger partial charge < -0.3 is 15.2 Å². The highest BCUT2D eigenvalue weighted by molar-refractivity contribution is 6.09. The standard InChI is InChI=1S/C25H23N3O4/c1-31-21-12-11-17(14-22(21)32-2)23-20(16-7-4-3-5-8-16)15-28(27-23)25(30)19-10-6-9-18(13-19)24(26)29/h3-14,20H,15H2,1-2H3,(H2,26,29). The number of benzene rings is 3. The van der Waals surface area contributed by atoms with Gasteiger partial charge in [0.1, 0.15) is 0 Å². The number of nitrogens with two attached hydrogens (primary N) is 1. The van der Waals surface area contributed by atoms with Gasteiger partial charge >= 0.3 is 0 Å². The van der Waals surface area contributed by atoms with Crippen molar-refractivity contribution in [2.75, 3.05) is 20.8 Å². The summed E-state index contributed by atoms with van der Waals surface area (Å²) in [4.78, 5) is 24.8. The van der Waals surface area contributed by atoms with E-state index in [1.54, 1.807) is 32.4 Å². The Bertz CT molecular complexity index is 1190. The number of methoxy groups -OCH3 is 2. The molecule has 32 heavy (non-hydrogen) atoms. The van der Waals surface area contributed by atoms with Gasteiger partial charge in [0, 0.05) is 22.6 Å². The number of carbonyl (C=O) groups is 2. The molecule has 0 bridgehead atoms. The average molecular weight is 429 g/mol. The van der Waals surface area contributed by atoms with E-state index in [2.05, 4.69) is 5.10 Å². The number of rotatable bonds is 6. The first-order chi connectivity index (χ1) is 15.5. The van der Waals surface area contributed by atoms with Crippen molar-refractivity contribution < 1.29 is 19.1 Å². The topological polar surface area (TPSA) is 94.2 Å². The number of nitrogens with zero attached hydrogens (tertiary/aromatic N) is 2. The lowest BCUT2D eigenvalue weighted by Gasteiger charge is -2.16. The van der Waals surface area contributed by atoms with E-state index in [0.29, 0.717) is 23.6 Å². The van der Waals surface area contributed by atoms with Crippen LogP contribution in [-0.2, 0) is 0 Å². The highest BCUT2D eigenvalue weighted by Crippen LogP contribution is 2.34. The maximum Gasteiger partial charge on any atom is 0.274 e. The predicted molar refractivity (Wildman–Crippen MR) is 121 cm³/mol. The van der Waals surface area contributed by atoms with Crippen LogP contribution in [-0.4, -0.2) is 43.3 Å². The number of ether oxygens (including phenoxy) is 2. The van der Waals surface area contributed by atoms with E-state index < -0.39 is 5.91 Å². The molecule has 7 nitrogen and oxygen atoms in total. The van der Waals surface area contributed by atoms with Crippen molar-refractivity contribution in [3.63, 3.8) is 0 Å². The Morgan fingerprint density at radius 3 is 2.31 bits per heavy atom. The van der Waals surface area contributed by atoms with Crippen molar-refractivity contribution in [2.45, 2.75) is 5.92 Å². The minimum atomic E-state index is -0.585. The highest BCUT2D eigenvalue weighted by atomic mass is 16.5. The third kappa shape index (κ3) is 4.05. The lowest BCUT2D eigenvalue weighted by Crippen LogP contribution is -2.26. The van der Waals surface area contributed by atoms with Crippen LogP contribution in [0.2, 0.25) is 0 Å². The van der Waals surface area contributed by atoms with Gasteiger partial charge in [0.2, 0.25) is 5.91 Å². The first kappa shape index (κ1) is 21.1. The molecule has 1 heterocycles. The Hall–Kier alpha value is -4.13. The molecule has 0 aromatic heterocycles. The van der Waals surface area contributed by atoms with Crippen molar-refractivity contribution in [2.24, 2.45) is 10.8 Å². The fourth-order valence-corrected chi connectivity index (χ4v) is 3.79.